The molecule has 3 aromatic rings. The second-order valence-corrected chi connectivity index (χ2v) is 11.0. The molecule has 7 heteroatoms. The van der Waals surface area contributed by atoms with Gasteiger partial charge in [-0.15, -0.1) is 11.3 Å². The van der Waals surface area contributed by atoms with Crippen LogP contribution in [-0.4, -0.2) is 47.7 Å². The fraction of sp³-hybridized carbons (Fsp3) is 0.517. The van der Waals surface area contributed by atoms with Crippen LogP contribution in [0.25, 0.3) is 10.9 Å². The number of aryl methyl sites for hydroxylation is 2. The Morgan fingerprint density at radius 1 is 1.28 bits per heavy atom. The predicted octanol–water partition coefficient (Wildman–Crippen LogP) is 6.84. The van der Waals surface area contributed by atoms with Gasteiger partial charge in [-0.05, 0) is 117 Å². The van der Waals surface area contributed by atoms with Gasteiger partial charge in [0.15, 0.2) is 0 Å². The lowest BCUT2D eigenvalue weighted by atomic mass is 9.79. The maximum absolute atomic E-state index is 15.5. The number of benzene rings is 1. The van der Waals surface area contributed by atoms with E-state index < -0.39 is 12.1 Å². The molecule has 2 aromatic heterocycles. The highest BCUT2D eigenvalue weighted by molar-refractivity contribution is 7.10. The number of nitrogens with zero attached hydrogens (tertiary/aromatic N) is 2. The zero-order valence-corrected chi connectivity index (χ0v) is 22.1. The molecule has 4 rings (SSSR count). The van der Waals surface area contributed by atoms with Gasteiger partial charge in [0.2, 0.25) is 0 Å². The van der Waals surface area contributed by atoms with Crippen LogP contribution >= 0.6 is 11.3 Å². The van der Waals surface area contributed by atoms with Crippen LogP contribution in [0.5, 0.6) is 5.75 Å². The molecule has 0 radical (unpaired) electrons. The van der Waals surface area contributed by atoms with Crippen molar-refractivity contribution in [1.29, 1.82) is 0 Å². The lowest BCUT2D eigenvalue weighted by molar-refractivity contribution is -0.137. The second-order valence-electron chi connectivity index (χ2n) is 10.0. The van der Waals surface area contributed by atoms with Gasteiger partial charge in [-0.3, -0.25) is 9.78 Å². The molecule has 36 heavy (non-hydrogen) atoms. The number of carbonyl (C=O) groups is 1. The summed E-state index contributed by atoms with van der Waals surface area (Å²) >= 11 is 1.83. The topological polar surface area (TPSA) is 62.7 Å². The van der Waals surface area contributed by atoms with Crippen molar-refractivity contribution in [3.8, 4) is 5.75 Å². The highest BCUT2D eigenvalue weighted by Crippen LogP contribution is 2.36. The molecule has 1 aliphatic rings. The van der Waals surface area contributed by atoms with Crippen LogP contribution in [0, 0.1) is 18.8 Å². The number of aromatic nitrogens is 1. The van der Waals surface area contributed by atoms with Gasteiger partial charge in [-0.25, -0.2) is 4.39 Å². The second kappa shape index (κ2) is 12.6. The number of fused-ring (bicyclic) bond motifs is 1. The number of thiophene rings is 1. The number of halogens is 1. The largest absolute Gasteiger partial charge is 0.497 e. The summed E-state index contributed by atoms with van der Waals surface area (Å²) in [4.78, 5) is 19.6. The van der Waals surface area contributed by atoms with Gasteiger partial charge in [-0.2, -0.15) is 0 Å². The number of hydrogen-bond donors (Lipinski definition) is 1. The van der Waals surface area contributed by atoms with Crippen LogP contribution in [-0.2, 0) is 11.2 Å². The molecule has 5 nitrogen and oxygen atoms in total. The maximum Gasteiger partial charge on any atom is 0.303 e. The Balaban J connectivity index is 1.36. The number of carboxylic acid groups (broad SMARTS) is 1. The van der Waals surface area contributed by atoms with Gasteiger partial charge in [-0.1, -0.05) is 0 Å². The van der Waals surface area contributed by atoms with Crippen LogP contribution < -0.4 is 4.74 Å². The van der Waals surface area contributed by atoms with E-state index in [0.717, 1.165) is 56.2 Å². The van der Waals surface area contributed by atoms with E-state index in [1.807, 2.05) is 29.5 Å². The molecular weight excluding hydrogens is 475 g/mol. The van der Waals surface area contributed by atoms with E-state index in [0.29, 0.717) is 36.0 Å². The molecule has 3 heterocycles. The number of methoxy groups -OCH3 is 1. The number of hydrogen-bond acceptors (Lipinski definition) is 5. The molecule has 1 fully saturated rings. The smallest absolute Gasteiger partial charge is 0.303 e. The summed E-state index contributed by atoms with van der Waals surface area (Å²) in [6.07, 6.45) is 5.83. The Morgan fingerprint density at radius 2 is 2.14 bits per heavy atom. The number of alkyl halides is 1. The summed E-state index contributed by atoms with van der Waals surface area (Å²) in [5.41, 5.74) is 2.79. The fourth-order valence-corrected chi connectivity index (χ4v) is 6.51. The Hall–Kier alpha value is -2.51. The molecule has 0 spiro atoms. The van der Waals surface area contributed by atoms with E-state index in [2.05, 4.69) is 28.3 Å². The summed E-state index contributed by atoms with van der Waals surface area (Å²) in [6, 6.07) is 9.51. The fourth-order valence-electron chi connectivity index (χ4n) is 5.56. The van der Waals surface area contributed by atoms with Gasteiger partial charge < -0.3 is 14.7 Å². The highest BCUT2D eigenvalue weighted by atomic mass is 32.1. The maximum atomic E-state index is 15.5. The number of ether oxygens (including phenoxy) is 1. The predicted molar refractivity (Wildman–Crippen MR) is 144 cm³/mol. The third-order valence-electron chi connectivity index (χ3n) is 7.66. The normalized spacial score (nSPS) is 19.4. The van der Waals surface area contributed by atoms with Crippen LogP contribution in [0.1, 0.15) is 60.7 Å². The van der Waals surface area contributed by atoms with Crippen molar-refractivity contribution < 1.29 is 19.0 Å². The first kappa shape index (κ1) is 26.6. The lowest BCUT2D eigenvalue weighted by Crippen LogP contribution is -2.41. The SMILES string of the molecule is COc1ccc2nccc([C@H](F)CC[C@@H]3CCN(CCCc4sccc4C)C[C@H]3CCC(=O)O)c2c1. The van der Waals surface area contributed by atoms with Crippen LogP contribution in [0.4, 0.5) is 4.39 Å². The number of rotatable bonds is 12. The van der Waals surface area contributed by atoms with Gasteiger partial charge >= 0.3 is 5.97 Å². The molecule has 1 aromatic carbocycles. The molecule has 194 valence electrons. The van der Waals surface area contributed by atoms with Crippen molar-refractivity contribution in [2.75, 3.05) is 26.7 Å². The van der Waals surface area contributed by atoms with E-state index in [-0.39, 0.29) is 6.42 Å². The molecule has 0 bridgehead atoms. The van der Waals surface area contributed by atoms with Crippen molar-refractivity contribution >= 4 is 28.2 Å². The number of carboxylic acids is 1. The molecule has 0 aliphatic carbocycles. The minimum Gasteiger partial charge on any atom is -0.497 e. The van der Waals surface area contributed by atoms with E-state index in [4.69, 9.17) is 4.74 Å². The summed E-state index contributed by atoms with van der Waals surface area (Å²) in [6.45, 7) is 5.12. The minimum atomic E-state index is -1.09. The first-order valence-electron chi connectivity index (χ1n) is 13.0. The zero-order chi connectivity index (χ0) is 25.5. The lowest BCUT2D eigenvalue weighted by Gasteiger charge is -2.39. The number of pyridine rings is 1. The summed E-state index contributed by atoms with van der Waals surface area (Å²) in [5.74, 6) is 0.583. The van der Waals surface area contributed by atoms with E-state index in [1.165, 1.54) is 10.4 Å². The average molecular weight is 513 g/mol. The van der Waals surface area contributed by atoms with Crippen molar-refractivity contribution in [2.45, 2.75) is 58.0 Å². The Labute approximate surface area is 217 Å². The van der Waals surface area contributed by atoms with Gasteiger partial charge in [0.25, 0.3) is 0 Å². The van der Waals surface area contributed by atoms with E-state index in [9.17, 15) is 9.90 Å². The Kier molecular flexibility index (Phi) is 9.32. The number of aliphatic carboxylic acids is 1. The quantitative estimate of drug-likeness (QED) is 0.288. The molecule has 0 unspecified atom stereocenters. The first-order chi connectivity index (χ1) is 17.4. The van der Waals surface area contributed by atoms with Gasteiger partial charge in [0, 0.05) is 29.4 Å². The van der Waals surface area contributed by atoms with Crippen molar-refractivity contribution in [3.63, 3.8) is 0 Å². The Morgan fingerprint density at radius 3 is 2.89 bits per heavy atom. The molecule has 0 saturated carbocycles. The molecule has 1 N–H and O–H groups in total. The van der Waals surface area contributed by atoms with Crippen molar-refractivity contribution in [3.05, 3.63) is 57.9 Å². The summed E-state index contributed by atoms with van der Waals surface area (Å²) < 4.78 is 20.9. The average Bonchev–Trinajstić information content (AvgIpc) is 3.30. The standard InChI is InChI=1S/C29H37FN2O3S/c1-20-13-17-36-28(20)4-3-15-32-16-12-21(22(19-32)6-10-29(33)34)5-8-26(30)24-11-14-31-27-9-7-23(35-2)18-25(24)27/h7,9,11,13-14,17-18,21-22,26H,3-6,8,10,12,15-16,19H2,1-2H3,(H,33,34)/t21-,22-,26-/m1/s1. The third kappa shape index (κ3) is 6.83. The third-order valence-corrected chi connectivity index (χ3v) is 8.74. The zero-order valence-electron chi connectivity index (χ0n) is 21.3. The summed E-state index contributed by atoms with van der Waals surface area (Å²) in [7, 11) is 1.61. The molecular formula is C29H37FN2O3S. The van der Waals surface area contributed by atoms with Crippen LogP contribution in [0.3, 0.4) is 0 Å². The summed E-state index contributed by atoms with van der Waals surface area (Å²) in [5, 5.41) is 12.2. The van der Waals surface area contributed by atoms with Crippen molar-refractivity contribution in [2.24, 2.45) is 11.8 Å². The van der Waals surface area contributed by atoms with E-state index in [1.54, 1.807) is 19.4 Å². The number of piperidine rings is 1. The molecule has 3 atom stereocenters. The monoisotopic (exact) mass is 512 g/mol. The Bertz CT molecular complexity index is 1150. The van der Waals surface area contributed by atoms with Crippen LogP contribution in [0.2, 0.25) is 0 Å². The number of likely N-dealkylation sites (tertiary alicyclic amines) is 1. The van der Waals surface area contributed by atoms with Crippen molar-refractivity contribution in [1.82, 2.24) is 9.88 Å². The minimum absolute atomic E-state index is 0.178. The molecule has 0 amide bonds. The highest BCUT2D eigenvalue weighted by Gasteiger charge is 2.30. The first-order valence-corrected chi connectivity index (χ1v) is 13.9. The van der Waals surface area contributed by atoms with Gasteiger partial charge in [0.05, 0.1) is 12.6 Å². The molecule has 1 aliphatic heterocycles. The molecule has 1 saturated heterocycles. The van der Waals surface area contributed by atoms with Crippen LogP contribution in [0.15, 0.2) is 41.9 Å². The van der Waals surface area contributed by atoms with Gasteiger partial charge in [0.1, 0.15) is 11.9 Å². The van der Waals surface area contributed by atoms with E-state index >= 15 is 4.39 Å².